The normalized spacial score (nSPS) is 16.9. The molecule has 3 heterocycles. The number of hydrogen-bond donors (Lipinski definition) is 2. The maximum atomic E-state index is 13.3. The van der Waals surface area contributed by atoms with Crippen molar-refractivity contribution in [3.05, 3.63) is 41.7 Å². The molecule has 0 spiro atoms. The third-order valence-electron chi connectivity index (χ3n) is 7.68. The van der Waals surface area contributed by atoms with Gasteiger partial charge in [-0.25, -0.2) is 9.71 Å². The van der Waals surface area contributed by atoms with Crippen LogP contribution in [0.4, 0.5) is 0 Å². The minimum Gasteiger partial charge on any atom is -0.493 e. The predicted molar refractivity (Wildman–Crippen MR) is 149 cm³/mol. The number of H-pyrrole nitrogens is 1. The first-order valence-electron chi connectivity index (χ1n) is 13.9. The van der Waals surface area contributed by atoms with Crippen LogP contribution in [0, 0.1) is 5.92 Å². The van der Waals surface area contributed by atoms with Crippen LogP contribution in [0.15, 0.2) is 30.3 Å². The SMILES string of the molecule is CCCN(CC)S(=O)(=O)NC(=O)c1cc(-c2ccccc2OCC2CCOCC2)c2c(C3CCC3)[nH]nc2n1. The van der Waals surface area contributed by atoms with Gasteiger partial charge in [-0.1, -0.05) is 38.5 Å². The van der Waals surface area contributed by atoms with Crippen LogP contribution in [0.25, 0.3) is 22.2 Å². The van der Waals surface area contributed by atoms with Crippen molar-refractivity contribution in [2.45, 2.75) is 58.3 Å². The third kappa shape index (κ3) is 5.95. The van der Waals surface area contributed by atoms with Gasteiger partial charge in [-0.15, -0.1) is 0 Å². The molecule has 5 rings (SSSR count). The van der Waals surface area contributed by atoms with Gasteiger partial charge in [0.25, 0.3) is 5.91 Å². The average Bonchev–Trinajstić information content (AvgIpc) is 3.33. The van der Waals surface area contributed by atoms with Gasteiger partial charge in [-0.3, -0.25) is 9.89 Å². The number of para-hydroxylation sites is 1. The molecule has 0 bridgehead atoms. The van der Waals surface area contributed by atoms with Gasteiger partial charge >= 0.3 is 10.2 Å². The average molecular weight is 556 g/mol. The fourth-order valence-corrected chi connectivity index (χ4v) is 6.47. The Bertz CT molecular complexity index is 1410. The summed E-state index contributed by atoms with van der Waals surface area (Å²) < 4.78 is 41.1. The third-order valence-corrected chi connectivity index (χ3v) is 9.24. The van der Waals surface area contributed by atoms with E-state index in [1.807, 2.05) is 31.2 Å². The first-order chi connectivity index (χ1) is 18.9. The number of aromatic amines is 1. The lowest BCUT2D eigenvalue weighted by molar-refractivity contribution is 0.0498. The summed E-state index contributed by atoms with van der Waals surface area (Å²) in [7, 11) is -4.01. The number of nitrogens with one attached hydrogen (secondary N) is 2. The van der Waals surface area contributed by atoms with E-state index in [0.717, 1.165) is 67.5 Å². The minimum absolute atomic E-state index is 0.0143. The fraction of sp³-hybridized carbons (Fsp3) is 0.536. The molecule has 11 heteroatoms. The molecular weight excluding hydrogens is 518 g/mol. The molecule has 0 atom stereocenters. The molecule has 10 nitrogen and oxygen atoms in total. The molecule has 39 heavy (non-hydrogen) atoms. The lowest BCUT2D eigenvalue weighted by Gasteiger charge is -2.25. The topological polar surface area (TPSA) is 127 Å². The highest BCUT2D eigenvalue weighted by Crippen LogP contribution is 2.43. The number of rotatable bonds is 11. The van der Waals surface area contributed by atoms with Crippen LogP contribution in [0.1, 0.15) is 74.5 Å². The molecule has 2 fully saturated rings. The molecule has 0 radical (unpaired) electrons. The van der Waals surface area contributed by atoms with E-state index in [-0.39, 0.29) is 12.2 Å². The fourth-order valence-electron chi connectivity index (χ4n) is 5.24. The van der Waals surface area contributed by atoms with E-state index in [0.29, 0.717) is 42.8 Å². The Morgan fingerprint density at radius 2 is 1.92 bits per heavy atom. The molecule has 2 aliphatic rings. The summed E-state index contributed by atoms with van der Waals surface area (Å²) >= 11 is 0. The van der Waals surface area contributed by atoms with Crippen molar-refractivity contribution in [3.8, 4) is 16.9 Å². The second kappa shape index (κ2) is 12.0. The Balaban J connectivity index is 1.53. The predicted octanol–water partition coefficient (Wildman–Crippen LogP) is 4.40. The largest absolute Gasteiger partial charge is 0.493 e. The first kappa shape index (κ1) is 27.5. The van der Waals surface area contributed by atoms with Crippen LogP contribution in [-0.2, 0) is 14.9 Å². The van der Waals surface area contributed by atoms with Gasteiger partial charge in [0.2, 0.25) is 0 Å². The maximum Gasteiger partial charge on any atom is 0.304 e. The Labute approximate surface area is 229 Å². The van der Waals surface area contributed by atoms with E-state index >= 15 is 0 Å². The van der Waals surface area contributed by atoms with Crippen molar-refractivity contribution < 1.29 is 22.7 Å². The number of benzene rings is 1. The zero-order chi connectivity index (χ0) is 27.4. The summed E-state index contributed by atoms with van der Waals surface area (Å²) in [6.07, 6.45) is 5.83. The molecule has 2 N–H and O–H groups in total. The lowest BCUT2D eigenvalue weighted by Crippen LogP contribution is -2.44. The van der Waals surface area contributed by atoms with Crippen molar-refractivity contribution >= 4 is 27.1 Å². The van der Waals surface area contributed by atoms with E-state index in [1.54, 1.807) is 13.0 Å². The standard InChI is InChI=1S/C28H37N5O5S/c1-3-14-33(4-2)39(35,36)32-28(34)23-17-22(25-26(20-8-7-9-20)30-31-27(25)29-23)21-10-5-6-11-24(21)38-18-19-12-15-37-16-13-19/h5-6,10-11,17,19-20H,3-4,7-9,12-16,18H2,1-2H3,(H,32,34)(H,29,30,31). The number of aromatic nitrogens is 3. The van der Waals surface area contributed by atoms with Gasteiger partial charge < -0.3 is 9.47 Å². The number of amides is 1. The van der Waals surface area contributed by atoms with E-state index in [1.165, 1.54) is 4.31 Å². The van der Waals surface area contributed by atoms with E-state index in [2.05, 4.69) is 19.9 Å². The number of fused-ring (bicyclic) bond motifs is 1. The van der Waals surface area contributed by atoms with E-state index in [9.17, 15) is 13.2 Å². The van der Waals surface area contributed by atoms with Gasteiger partial charge in [0.05, 0.1) is 12.0 Å². The molecule has 1 aliphatic carbocycles. The lowest BCUT2D eigenvalue weighted by atomic mass is 9.81. The molecule has 1 aromatic carbocycles. The van der Waals surface area contributed by atoms with Crippen LogP contribution < -0.4 is 9.46 Å². The minimum atomic E-state index is -4.01. The van der Waals surface area contributed by atoms with Gasteiger partial charge in [-0.2, -0.15) is 17.8 Å². The number of carbonyl (C=O) groups excluding carboxylic acids is 1. The molecule has 210 valence electrons. The molecular formula is C28H37N5O5S. The van der Waals surface area contributed by atoms with Crippen LogP contribution in [-0.4, -0.2) is 66.7 Å². The van der Waals surface area contributed by atoms with Gasteiger partial charge in [0.15, 0.2) is 5.65 Å². The number of hydrogen-bond acceptors (Lipinski definition) is 7. The second-order valence-corrected chi connectivity index (χ2v) is 12.0. The molecule has 1 saturated carbocycles. The monoisotopic (exact) mass is 555 g/mol. The van der Waals surface area contributed by atoms with Crippen molar-refractivity contribution in [1.29, 1.82) is 0 Å². The molecule has 1 aliphatic heterocycles. The summed E-state index contributed by atoms with van der Waals surface area (Å²) in [4.78, 5) is 17.8. The molecule has 0 unspecified atom stereocenters. The summed E-state index contributed by atoms with van der Waals surface area (Å²) in [6, 6.07) is 9.41. The Kier molecular flexibility index (Phi) is 8.49. The highest BCUT2D eigenvalue weighted by atomic mass is 32.2. The summed E-state index contributed by atoms with van der Waals surface area (Å²) in [5.74, 6) is 0.677. The highest BCUT2D eigenvalue weighted by molar-refractivity contribution is 7.87. The summed E-state index contributed by atoms with van der Waals surface area (Å²) in [5.41, 5.74) is 2.94. The molecule has 1 saturated heterocycles. The van der Waals surface area contributed by atoms with Crippen molar-refractivity contribution in [1.82, 2.24) is 24.2 Å². The summed E-state index contributed by atoms with van der Waals surface area (Å²) in [6.45, 7) is 6.27. The molecule has 3 aromatic rings. The Morgan fingerprint density at radius 3 is 2.62 bits per heavy atom. The van der Waals surface area contributed by atoms with Gasteiger partial charge in [0.1, 0.15) is 11.4 Å². The van der Waals surface area contributed by atoms with Gasteiger partial charge in [0, 0.05) is 49.0 Å². The highest BCUT2D eigenvalue weighted by Gasteiger charge is 2.29. The molecule has 1 amide bonds. The number of carbonyl (C=O) groups is 1. The van der Waals surface area contributed by atoms with Crippen LogP contribution >= 0.6 is 0 Å². The first-order valence-corrected chi connectivity index (χ1v) is 15.4. The van der Waals surface area contributed by atoms with Crippen molar-refractivity contribution in [2.24, 2.45) is 5.92 Å². The Hall–Kier alpha value is -3.02. The summed E-state index contributed by atoms with van der Waals surface area (Å²) in [5, 5.41) is 8.46. The van der Waals surface area contributed by atoms with E-state index in [4.69, 9.17) is 9.47 Å². The molecule has 2 aromatic heterocycles. The maximum absolute atomic E-state index is 13.3. The second-order valence-electron chi connectivity index (χ2n) is 10.3. The van der Waals surface area contributed by atoms with E-state index < -0.39 is 16.1 Å². The number of nitrogens with zero attached hydrogens (tertiary/aromatic N) is 3. The zero-order valence-electron chi connectivity index (χ0n) is 22.6. The van der Waals surface area contributed by atoms with Crippen molar-refractivity contribution in [3.63, 3.8) is 0 Å². The van der Waals surface area contributed by atoms with Gasteiger partial charge in [-0.05, 0) is 50.2 Å². The van der Waals surface area contributed by atoms with Crippen molar-refractivity contribution in [2.75, 3.05) is 32.9 Å². The number of ether oxygens (including phenoxy) is 2. The quantitative estimate of drug-likeness (QED) is 0.359. The van der Waals surface area contributed by atoms with Crippen LogP contribution in [0.3, 0.4) is 0 Å². The zero-order valence-corrected chi connectivity index (χ0v) is 23.4. The number of pyridine rings is 1. The smallest absolute Gasteiger partial charge is 0.304 e. The Morgan fingerprint density at radius 1 is 1.15 bits per heavy atom. The van der Waals surface area contributed by atoms with Crippen LogP contribution in [0.2, 0.25) is 0 Å². The van der Waals surface area contributed by atoms with Crippen LogP contribution in [0.5, 0.6) is 5.75 Å².